The summed E-state index contributed by atoms with van der Waals surface area (Å²) in [6, 6.07) is 5.59. The predicted molar refractivity (Wildman–Crippen MR) is 85.2 cm³/mol. The van der Waals surface area contributed by atoms with Crippen LogP contribution < -0.4 is 5.32 Å². The molecule has 120 valence electrons. The molecule has 1 atom stereocenters. The van der Waals surface area contributed by atoms with E-state index in [1.54, 1.807) is 19.3 Å². The van der Waals surface area contributed by atoms with Crippen LogP contribution in [0.1, 0.15) is 40.9 Å². The molecule has 3 aromatic heterocycles. The number of fused-ring (bicyclic) bond motifs is 1. The quantitative estimate of drug-likeness (QED) is 0.782. The second-order valence-corrected chi connectivity index (χ2v) is 5.75. The third-order valence-corrected chi connectivity index (χ3v) is 3.77. The van der Waals surface area contributed by atoms with Crippen LogP contribution in [0.25, 0.3) is 11.1 Å². The number of amides is 1. The van der Waals surface area contributed by atoms with E-state index in [-0.39, 0.29) is 11.9 Å². The van der Waals surface area contributed by atoms with Gasteiger partial charge in [0.2, 0.25) is 0 Å². The van der Waals surface area contributed by atoms with Gasteiger partial charge in [-0.25, -0.2) is 4.98 Å². The van der Waals surface area contributed by atoms with Crippen molar-refractivity contribution in [3.63, 3.8) is 0 Å². The molecule has 0 fully saturated rings. The summed E-state index contributed by atoms with van der Waals surface area (Å²) >= 11 is 0. The van der Waals surface area contributed by atoms with Crippen molar-refractivity contribution in [2.75, 3.05) is 0 Å². The fourth-order valence-electron chi connectivity index (χ4n) is 2.58. The van der Waals surface area contributed by atoms with Gasteiger partial charge in [-0.1, -0.05) is 5.16 Å². The van der Waals surface area contributed by atoms with E-state index in [4.69, 9.17) is 8.94 Å². The SMILES string of the molecule is Cc1cc(C(=O)NC(C)CCc2ccco2)c2c(C)noc2n1. The molecule has 0 saturated heterocycles. The van der Waals surface area contributed by atoms with E-state index in [1.165, 1.54) is 0 Å². The molecule has 3 heterocycles. The highest BCUT2D eigenvalue weighted by atomic mass is 16.5. The van der Waals surface area contributed by atoms with Crippen LogP contribution in [0.4, 0.5) is 0 Å². The number of aromatic nitrogens is 2. The number of hydrogen-bond donors (Lipinski definition) is 1. The molecule has 0 saturated carbocycles. The van der Waals surface area contributed by atoms with Gasteiger partial charge in [-0.05, 0) is 45.4 Å². The Labute approximate surface area is 133 Å². The van der Waals surface area contributed by atoms with Gasteiger partial charge in [-0.3, -0.25) is 4.79 Å². The van der Waals surface area contributed by atoms with E-state index < -0.39 is 0 Å². The Morgan fingerprint density at radius 1 is 1.39 bits per heavy atom. The lowest BCUT2D eigenvalue weighted by molar-refractivity contribution is 0.0939. The molecule has 0 spiro atoms. The van der Waals surface area contributed by atoms with E-state index in [2.05, 4.69) is 15.5 Å². The zero-order chi connectivity index (χ0) is 16.4. The van der Waals surface area contributed by atoms with Crippen LogP contribution in [0.2, 0.25) is 0 Å². The highest BCUT2D eigenvalue weighted by molar-refractivity contribution is 6.06. The molecule has 0 aliphatic rings. The lowest BCUT2D eigenvalue weighted by Crippen LogP contribution is -2.33. The van der Waals surface area contributed by atoms with Crippen molar-refractivity contribution in [2.45, 2.75) is 39.7 Å². The number of furan rings is 1. The molecule has 0 radical (unpaired) electrons. The minimum absolute atomic E-state index is 0.0243. The van der Waals surface area contributed by atoms with Crippen LogP contribution in [0.15, 0.2) is 33.4 Å². The van der Waals surface area contributed by atoms with E-state index in [0.717, 1.165) is 24.3 Å². The summed E-state index contributed by atoms with van der Waals surface area (Å²) in [5.41, 5.74) is 2.34. The lowest BCUT2D eigenvalue weighted by atomic mass is 10.1. The summed E-state index contributed by atoms with van der Waals surface area (Å²) in [5.74, 6) is 0.780. The first-order chi connectivity index (χ1) is 11.0. The maximum atomic E-state index is 12.6. The number of carbonyl (C=O) groups excluding carboxylic acids is 1. The maximum absolute atomic E-state index is 12.6. The van der Waals surface area contributed by atoms with Gasteiger partial charge in [0.15, 0.2) is 0 Å². The Bertz CT molecular complexity index is 821. The third-order valence-electron chi connectivity index (χ3n) is 3.77. The van der Waals surface area contributed by atoms with Crippen molar-refractivity contribution in [1.29, 1.82) is 0 Å². The van der Waals surface area contributed by atoms with Gasteiger partial charge in [-0.2, -0.15) is 0 Å². The summed E-state index contributed by atoms with van der Waals surface area (Å²) in [4.78, 5) is 16.9. The van der Waals surface area contributed by atoms with Crippen molar-refractivity contribution < 1.29 is 13.7 Å². The molecular formula is C17H19N3O3. The van der Waals surface area contributed by atoms with Crippen molar-refractivity contribution in [3.8, 4) is 0 Å². The van der Waals surface area contributed by atoms with Gasteiger partial charge in [-0.15, -0.1) is 0 Å². The second kappa shape index (κ2) is 6.24. The standard InChI is InChI=1S/C17H19N3O3/c1-10(6-7-13-5-4-8-22-13)18-16(21)14-9-11(2)19-17-15(14)12(3)20-23-17/h4-5,8-10H,6-7H2,1-3H3,(H,18,21). The Morgan fingerprint density at radius 2 is 2.22 bits per heavy atom. The summed E-state index contributed by atoms with van der Waals surface area (Å²) in [6.07, 6.45) is 3.24. The molecule has 3 aromatic rings. The number of pyridine rings is 1. The fraction of sp³-hybridized carbons (Fsp3) is 0.353. The molecule has 0 aliphatic heterocycles. The summed E-state index contributed by atoms with van der Waals surface area (Å²) < 4.78 is 10.5. The van der Waals surface area contributed by atoms with E-state index >= 15 is 0 Å². The highest BCUT2D eigenvalue weighted by Crippen LogP contribution is 2.22. The Hall–Kier alpha value is -2.63. The highest BCUT2D eigenvalue weighted by Gasteiger charge is 2.19. The minimum Gasteiger partial charge on any atom is -0.469 e. The van der Waals surface area contributed by atoms with E-state index in [9.17, 15) is 4.79 Å². The van der Waals surface area contributed by atoms with Gasteiger partial charge in [0.1, 0.15) is 5.76 Å². The largest absolute Gasteiger partial charge is 0.469 e. The Morgan fingerprint density at radius 3 is 2.96 bits per heavy atom. The smallest absolute Gasteiger partial charge is 0.258 e. The molecule has 0 aromatic carbocycles. The topological polar surface area (TPSA) is 81.2 Å². The van der Waals surface area contributed by atoms with Crippen LogP contribution in [0.3, 0.4) is 0 Å². The van der Waals surface area contributed by atoms with E-state index in [0.29, 0.717) is 22.4 Å². The van der Waals surface area contributed by atoms with Crippen LogP contribution in [-0.2, 0) is 6.42 Å². The summed E-state index contributed by atoms with van der Waals surface area (Å²) in [6.45, 7) is 5.61. The fourth-order valence-corrected chi connectivity index (χ4v) is 2.58. The molecule has 1 amide bonds. The Balaban J connectivity index is 1.74. The molecule has 6 nitrogen and oxygen atoms in total. The van der Waals surface area contributed by atoms with Crippen molar-refractivity contribution in [2.24, 2.45) is 0 Å². The zero-order valence-corrected chi connectivity index (χ0v) is 13.4. The number of rotatable bonds is 5. The molecule has 23 heavy (non-hydrogen) atoms. The van der Waals surface area contributed by atoms with Crippen molar-refractivity contribution in [1.82, 2.24) is 15.5 Å². The number of nitrogens with one attached hydrogen (secondary N) is 1. The van der Waals surface area contributed by atoms with Crippen LogP contribution >= 0.6 is 0 Å². The summed E-state index contributed by atoms with van der Waals surface area (Å²) in [7, 11) is 0. The van der Waals surface area contributed by atoms with Gasteiger partial charge in [0.25, 0.3) is 11.6 Å². The Kier molecular flexibility index (Phi) is 4.14. The second-order valence-electron chi connectivity index (χ2n) is 5.75. The molecule has 1 unspecified atom stereocenters. The predicted octanol–water partition coefficient (Wildman–Crippen LogP) is 3.18. The molecule has 1 N–H and O–H groups in total. The van der Waals surface area contributed by atoms with E-state index in [1.807, 2.05) is 26.0 Å². The molecule has 0 aliphatic carbocycles. The monoisotopic (exact) mass is 313 g/mol. The third kappa shape index (κ3) is 3.26. The summed E-state index contributed by atoms with van der Waals surface area (Å²) in [5, 5.41) is 7.59. The first-order valence-corrected chi connectivity index (χ1v) is 7.61. The maximum Gasteiger partial charge on any atom is 0.258 e. The number of hydrogen-bond acceptors (Lipinski definition) is 5. The average Bonchev–Trinajstić information content (AvgIpc) is 3.14. The number of aryl methyl sites for hydroxylation is 3. The minimum atomic E-state index is -0.140. The van der Waals surface area contributed by atoms with Crippen molar-refractivity contribution in [3.05, 3.63) is 47.2 Å². The normalized spacial score (nSPS) is 12.5. The van der Waals surface area contributed by atoms with Gasteiger partial charge in [0, 0.05) is 18.2 Å². The van der Waals surface area contributed by atoms with Crippen LogP contribution in [0.5, 0.6) is 0 Å². The molecular weight excluding hydrogens is 294 g/mol. The first kappa shape index (κ1) is 15.3. The van der Waals surface area contributed by atoms with Crippen LogP contribution in [-0.4, -0.2) is 22.1 Å². The first-order valence-electron chi connectivity index (χ1n) is 7.61. The van der Waals surface area contributed by atoms with Gasteiger partial charge < -0.3 is 14.3 Å². The zero-order valence-electron chi connectivity index (χ0n) is 13.4. The number of nitrogens with zero attached hydrogens (tertiary/aromatic N) is 2. The van der Waals surface area contributed by atoms with Gasteiger partial charge in [0.05, 0.1) is 22.9 Å². The lowest BCUT2D eigenvalue weighted by Gasteiger charge is -2.14. The van der Waals surface area contributed by atoms with Gasteiger partial charge >= 0.3 is 0 Å². The average molecular weight is 313 g/mol. The molecule has 0 bridgehead atoms. The van der Waals surface area contributed by atoms with Crippen molar-refractivity contribution >= 4 is 17.0 Å². The number of carbonyl (C=O) groups is 1. The molecule has 3 rings (SSSR count). The van der Waals surface area contributed by atoms with Crippen LogP contribution in [0, 0.1) is 13.8 Å². The molecule has 6 heteroatoms.